The van der Waals surface area contributed by atoms with Gasteiger partial charge in [-0.2, -0.15) is 0 Å². The van der Waals surface area contributed by atoms with Crippen LogP contribution >= 0.6 is 0 Å². The molecule has 0 radical (unpaired) electrons. The summed E-state index contributed by atoms with van der Waals surface area (Å²) in [5.74, 6) is -1.51. The van der Waals surface area contributed by atoms with Gasteiger partial charge in [0.1, 0.15) is 5.75 Å². The summed E-state index contributed by atoms with van der Waals surface area (Å²) >= 11 is 0. The number of nitrogens with one attached hydrogen (secondary N) is 1. The van der Waals surface area contributed by atoms with E-state index in [0.29, 0.717) is 11.4 Å². The minimum Gasteiger partial charge on any atom is -0.495 e. The molecular weight excluding hydrogens is 274 g/mol. The highest BCUT2D eigenvalue weighted by Gasteiger charge is 2.20. The first kappa shape index (κ1) is 14.4. The number of nitrogens with zero attached hydrogens (tertiary/aromatic N) is 2. The van der Waals surface area contributed by atoms with Gasteiger partial charge < -0.3 is 15.2 Å². The molecule has 0 bridgehead atoms. The number of methoxy groups -OCH3 is 1. The molecule has 2 aromatic rings. The molecule has 0 fully saturated rings. The molecule has 1 heterocycles. The van der Waals surface area contributed by atoms with Crippen molar-refractivity contribution in [1.82, 2.24) is 9.97 Å². The summed E-state index contributed by atoms with van der Waals surface area (Å²) < 4.78 is 5.15. The van der Waals surface area contributed by atoms with Crippen molar-refractivity contribution >= 4 is 17.6 Å². The van der Waals surface area contributed by atoms with Crippen LogP contribution in [-0.4, -0.2) is 34.1 Å². The smallest absolute Gasteiger partial charge is 0.356 e. The first-order valence-electron chi connectivity index (χ1n) is 6.03. The number of ether oxygens (including phenoxy) is 1. The number of hydrogen-bond donors (Lipinski definition) is 2. The summed E-state index contributed by atoms with van der Waals surface area (Å²) in [6, 6.07) is 5.26. The first-order chi connectivity index (χ1) is 10.0. The average molecular weight is 287 g/mol. The number of aromatic nitrogens is 2. The Kier molecular flexibility index (Phi) is 4.13. The van der Waals surface area contributed by atoms with Crippen molar-refractivity contribution in [2.24, 2.45) is 0 Å². The fourth-order valence-corrected chi connectivity index (χ4v) is 1.76. The molecule has 0 saturated heterocycles. The minimum atomic E-state index is -1.32. The molecule has 0 atom stereocenters. The lowest BCUT2D eigenvalue weighted by Gasteiger charge is -2.11. The van der Waals surface area contributed by atoms with Gasteiger partial charge in [-0.3, -0.25) is 4.79 Å². The number of aromatic carboxylic acids is 1. The van der Waals surface area contributed by atoms with Crippen molar-refractivity contribution in [3.8, 4) is 5.75 Å². The first-order valence-corrected chi connectivity index (χ1v) is 6.03. The Morgan fingerprint density at radius 3 is 2.48 bits per heavy atom. The van der Waals surface area contributed by atoms with Crippen LogP contribution in [0.1, 0.15) is 26.5 Å². The molecule has 0 saturated carbocycles. The number of aryl methyl sites for hydroxylation is 1. The SMILES string of the molecule is COc1ccc(C)cc1NC(=O)c1nccnc1C(=O)O. The third-order valence-corrected chi connectivity index (χ3v) is 2.72. The lowest BCUT2D eigenvalue weighted by molar-refractivity contribution is 0.0685. The summed E-state index contributed by atoms with van der Waals surface area (Å²) in [6.07, 6.45) is 2.47. The molecule has 7 heteroatoms. The third kappa shape index (κ3) is 3.14. The van der Waals surface area contributed by atoms with Crippen molar-refractivity contribution in [1.29, 1.82) is 0 Å². The number of carbonyl (C=O) groups is 2. The number of rotatable bonds is 4. The number of hydrogen-bond acceptors (Lipinski definition) is 5. The van der Waals surface area contributed by atoms with E-state index in [-0.39, 0.29) is 5.69 Å². The highest BCUT2D eigenvalue weighted by atomic mass is 16.5. The Hall–Kier alpha value is -2.96. The minimum absolute atomic E-state index is 0.256. The second-order valence-electron chi connectivity index (χ2n) is 4.22. The summed E-state index contributed by atoms with van der Waals surface area (Å²) in [4.78, 5) is 30.7. The maximum atomic E-state index is 12.2. The van der Waals surface area contributed by atoms with Crippen molar-refractivity contribution in [2.45, 2.75) is 6.92 Å². The fraction of sp³-hybridized carbons (Fsp3) is 0.143. The summed E-state index contributed by atoms with van der Waals surface area (Å²) in [5, 5.41) is 11.6. The second kappa shape index (κ2) is 6.00. The van der Waals surface area contributed by atoms with Gasteiger partial charge in [0, 0.05) is 12.4 Å². The molecule has 7 nitrogen and oxygen atoms in total. The van der Waals surface area contributed by atoms with Crippen LogP contribution in [0.3, 0.4) is 0 Å². The monoisotopic (exact) mass is 287 g/mol. The Labute approximate surface area is 120 Å². The van der Waals surface area contributed by atoms with Crippen molar-refractivity contribution in [3.05, 3.63) is 47.5 Å². The van der Waals surface area contributed by atoms with E-state index in [4.69, 9.17) is 9.84 Å². The zero-order valence-corrected chi connectivity index (χ0v) is 11.5. The lowest BCUT2D eigenvalue weighted by atomic mass is 10.2. The van der Waals surface area contributed by atoms with E-state index in [0.717, 1.165) is 5.56 Å². The van der Waals surface area contributed by atoms with E-state index in [1.54, 1.807) is 12.1 Å². The Balaban J connectivity index is 2.35. The Bertz CT molecular complexity index is 700. The molecule has 0 aliphatic heterocycles. The predicted octanol–water partition coefficient (Wildman–Crippen LogP) is 1.74. The molecule has 2 rings (SSSR count). The van der Waals surface area contributed by atoms with Crippen LogP contribution in [0.25, 0.3) is 0 Å². The molecule has 1 amide bonds. The van der Waals surface area contributed by atoms with Gasteiger partial charge >= 0.3 is 5.97 Å². The number of carbonyl (C=O) groups excluding carboxylic acids is 1. The van der Waals surface area contributed by atoms with Gasteiger partial charge in [-0.15, -0.1) is 0 Å². The highest BCUT2D eigenvalue weighted by molar-refractivity contribution is 6.09. The topological polar surface area (TPSA) is 101 Å². The van der Waals surface area contributed by atoms with Crippen LogP contribution in [0.2, 0.25) is 0 Å². The third-order valence-electron chi connectivity index (χ3n) is 2.72. The molecule has 0 aliphatic rings. The Morgan fingerprint density at radius 1 is 1.19 bits per heavy atom. The zero-order valence-electron chi connectivity index (χ0n) is 11.5. The quantitative estimate of drug-likeness (QED) is 0.888. The van der Waals surface area contributed by atoms with Crippen molar-refractivity contribution < 1.29 is 19.4 Å². The van der Waals surface area contributed by atoms with E-state index in [2.05, 4.69) is 15.3 Å². The molecule has 1 aromatic carbocycles. The van der Waals surface area contributed by atoms with E-state index >= 15 is 0 Å². The predicted molar refractivity (Wildman–Crippen MR) is 74.7 cm³/mol. The molecule has 108 valence electrons. The summed E-state index contributed by atoms with van der Waals surface area (Å²) in [6.45, 7) is 1.86. The largest absolute Gasteiger partial charge is 0.495 e. The molecule has 0 spiro atoms. The van der Waals surface area contributed by atoms with E-state index in [1.807, 2.05) is 13.0 Å². The van der Waals surface area contributed by atoms with E-state index in [1.165, 1.54) is 19.5 Å². The molecule has 0 aliphatic carbocycles. The Morgan fingerprint density at radius 2 is 1.86 bits per heavy atom. The number of carboxylic acid groups (broad SMARTS) is 1. The van der Waals surface area contributed by atoms with E-state index in [9.17, 15) is 9.59 Å². The van der Waals surface area contributed by atoms with Crippen molar-refractivity contribution in [3.63, 3.8) is 0 Å². The number of carboxylic acids is 1. The van der Waals surface area contributed by atoms with Gasteiger partial charge in [0.05, 0.1) is 12.8 Å². The van der Waals surface area contributed by atoms with Crippen LogP contribution in [0.5, 0.6) is 5.75 Å². The summed E-state index contributed by atoms with van der Waals surface area (Å²) in [5.41, 5.74) is 0.698. The highest BCUT2D eigenvalue weighted by Crippen LogP contribution is 2.25. The van der Waals surface area contributed by atoms with Crippen LogP contribution < -0.4 is 10.1 Å². The fourth-order valence-electron chi connectivity index (χ4n) is 1.76. The number of anilines is 1. The lowest BCUT2D eigenvalue weighted by Crippen LogP contribution is -2.19. The zero-order chi connectivity index (χ0) is 15.4. The van der Waals surface area contributed by atoms with Gasteiger partial charge in [0.2, 0.25) is 0 Å². The van der Waals surface area contributed by atoms with Crippen LogP contribution in [0, 0.1) is 6.92 Å². The average Bonchev–Trinajstić information content (AvgIpc) is 2.47. The molecule has 21 heavy (non-hydrogen) atoms. The van der Waals surface area contributed by atoms with Crippen LogP contribution in [0.4, 0.5) is 5.69 Å². The number of benzene rings is 1. The molecule has 0 unspecified atom stereocenters. The standard InChI is InChI=1S/C14H13N3O4/c1-8-3-4-10(21-2)9(7-8)17-13(18)11-12(14(19)20)16-6-5-15-11/h3-7H,1-2H3,(H,17,18)(H,19,20). The number of amides is 1. The van der Waals surface area contributed by atoms with Gasteiger partial charge in [-0.05, 0) is 24.6 Å². The maximum absolute atomic E-state index is 12.2. The normalized spacial score (nSPS) is 10.0. The van der Waals surface area contributed by atoms with Crippen LogP contribution in [0.15, 0.2) is 30.6 Å². The van der Waals surface area contributed by atoms with Gasteiger partial charge in [0.25, 0.3) is 5.91 Å². The van der Waals surface area contributed by atoms with Crippen LogP contribution in [-0.2, 0) is 0 Å². The molecule has 2 N–H and O–H groups in total. The molecule has 1 aromatic heterocycles. The van der Waals surface area contributed by atoms with E-state index < -0.39 is 17.6 Å². The maximum Gasteiger partial charge on any atom is 0.356 e. The second-order valence-corrected chi connectivity index (χ2v) is 4.22. The van der Waals surface area contributed by atoms with Gasteiger partial charge in [-0.1, -0.05) is 6.07 Å². The molecular formula is C14H13N3O4. The summed E-state index contributed by atoms with van der Waals surface area (Å²) in [7, 11) is 1.48. The van der Waals surface area contributed by atoms with Gasteiger partial charge in [0.15, 0.2) is 11.4 Å². The van der Waals surface area contributed by atoms with Gasteiger partial charge in [-0.25, -0.2) is 14.8 Å². The van der Waals surface area contributed by atoms with Crippen molar-refractivity contribution in [2.75, 3.05) is 12.4 Å².